The van der Waals surface area contributed by atoms with E-state index >= 15 is 0 Å². The summed E-state index contributed by atoms with van der Waals surface area (Å²) in [5.41, 5.74) is 4.82. The second-order valence-electron chi connectivity index (χ2n) is 10.3. The number of hydrogen-bond donors (Lipinski definition) is 1. The minimum atomic E-state index is -1.29. The Kier molecular flexibility index (Phi) is 6.28. The Bertz CT molecular complexity index is 1380. The fourth-order valence-corrected chi connectivity index (χ4v) is 5.40. The van der Waals surface area contributed by atoms with Crippen LogP contribution < -0.4 is 5.32 Å². The predicted molar refractivity (Wildman–Crippen MR) is 140 cm³/mol. The molecule has 180 valence electrons. The zero-order valence-corrected chi connectivity index (χ0v) is 21.1. The van der Waals surface area contributed by atoms with Gasteiger partial charge in [0.2, 0.25) is 0 Å². The molecule has 2 heterocycles. The quantitative estimate of drug-likeness (QED) is 0.374. The number of rotatable bonds is 7. The number of carbonyl (C=O) groups is 1. The SMILES string of the molecule is CC(C)(C)CCS(=O)c1nc(-c2ccccc2)cn2c(-c3ccc(C(=O)NC4CC4)cc3)cnc12. The van der Waals surface area contributed by atoms with Gasteiger partial charge in [0.05, 0.1) is 28.4 Å². The number of benzene rings is 2. The fraction of sp³-hybridized carbons (Fsp3) is 0.321. The van der Waals surface area contributed by atoms with Crippen LogP contribution in [0.5, 0.6) is 0 Å². The van der Waals surface area contributed by atoms with Crippen molar-refractivity contribution in [3.63, 3.8) is 0 Å². The van der Waals surface area contributed by atoms with Gasteiger partial charge in [-0.3, -0.25) is 13.4 Å². The molecule has 4 aromatic rings. The standard InChI is InChI=1S/C28H30N4O2S/c1-28(2,3)15-16-35(34)27-25-29-17-24(32(25)18-23(31-27)19-7-5-4-6-8-19)20-9-11-21(12-10-20)26(33)30-22-13-14-22/h4-12,17-18,22H,13-16H2,1-3H3,(H,30,33). The number of imidazole rings is 1. The van der Waals surface area contributed by atoms with Crippen LogP contribution in [0.3, 0.4) is 0 Å². The Morgan fingerprint density at radius 1 is 1.06 bits per heavy atom. The van der Waals surface area contributed by atoms with Gasteiger partial charge < -0.3 is 5.32 Å². The molecule has 1 aliphatic rings. The molecule has 35 heavy (non-hydrogen) atoms. The van der Waals surface area contributed by atoms with Gasteiger partial charge in [0.1, 0.15) is 0 Å². The lowest BCUT2D eigenvalue weighted by Gasteiger charge is -2.17. The second kappa shape index (κ2) is 9.38. The number of carbonyl (C=O) groups excluding carboxylic acids is 1. The molecule has 0 aliphatic heterocycles. The number of aromatic nitrogens is 3. The van der Waals surface area contributed by atoms with Crippen molar-refractivity contribution in [1.82, 2.24) is 19.7 Å². The fourth-order valence-electron chi connectivity index (χ4n) is 3.86. The predicted octanol–water partition coefficient (Wildman–Crippen LogP) is 5.50. The third-order valence-corrected chi connectivity index (χ3v) is 7.42. The number of amides is 1. The summed E-state index contributed by atoms with van der Waals surface area (Å²) in [6.07, 6.45) is 6.67. The molecule has 2 aromatic carbocycles. The van der Waals surface area contributed by atoms with Gasteiger partial charge in [-0.2, -0.15) is 0 Å². The number of nitrogens with one attached hydrogen (secondary N) is 1. The van der Waals surface area contributed by atoms with E-state index in [-0.39, 0.29) is 11.3 Å². The molecular formula is C28H30N4O2S. The van der Waals surface area contributed by atoms with Gasteiger partial charge in [-0.25, -0.2) is 9.97 Å². The molecule has 0 saturated heterocycles. The average molecular weight is 487 g/mol. The Labute approximate surface area is 208 Å². The maximum atomic E-state index is 13.4. The third kappa shape index (κ3) is 5.35. The van der Waals surface area contributed by atoms with Crippen molar-refractivity contribution in [1.29, 1.82) is 0 Å². The second-order valence-corrected chi connectivity index (χ2v) is 11.8. The van der Waals surface area contributed by atoms with E-state index in [0.29, 0.717) is 28.0 Å². The lowest BCUT2D eigenvalue weighted by atomic mass is 9.94. The monoisotopic (exact) mass is 486 g/mol. The smallest absolute Gasteiger partial charge is 0.251 e. The molecule has 0 radical (unpaired) electrons. The van der Waals surface area contributed by atoms with E-state index in [1.807, 2.05) is 65.2 Å². The van der Waals surface area contributed by atoms with Gasteiger partial charge in [-0.05, 0) is 36.8 Å². The first kappa shape index (κ1) is 23.4. The molecular weight excluding hydrogens is 456 g/mol. The minimum Gasteiger partial charge on any atom is -0.349 e. The van der Waals surface area contributed by atoms with E-state index in [0.717, 1.165) is 41.8 Å². The van der Waals surface area contributed by atoms with Gasteiger partial charge in [-0.15, -0.1) is 0 Å². The Morgan fingerprint density at radius 2 is 1.77 bits per heavy atom. The maximum Gasteiger partial charge on any atom is 0.251 e. The molecule has 5 rings (SSSR count). The molecule has 1 aliphatic carbocycles. The van der Waals surface area contributed by atoms with E-state index in [4.69, 9.17) is 4.98 Å². The van der Waals surface area contributed by atoms with Crippen molar-refractivity contribution in [3.05, 3.63) is 72.6 Å². The highest BCUT2D eigenvalue weighted by Gasteiger charge is 2.24. The van der Waals surface area contributed by atoms with E-state index in [2.05, 4.69) is 31.1 Å². The molecule has 1 N–H and O–H groups in total. The topological polar surface area (TPSA) is 76.4 Å². The van der Waals surface area contributed by atoms with Crippen LogP contribution in [0.15, 0.2) is 72.0 Å². The lowest BCUT2D eigenvalue weighted by Crippen LogP contribution is -2.25. The number of hydrogen-bond acceptors (Lipinski definition) is 4. The minimum absolute atomic E-state index is 0.0377. The largest absolute Gasteiger partial charge is 0.349 e. The van der Waals surface area contributed by atoms with Crippen LogP contribution in [0.1, 0.15) is 50.4 Å². The van der Waals surface area contributed by atoms with E-state index in [9.17, 15) is 9.00 Å². The third-order valence-electron chi connectivity index (χ3n) is 6.14. The van der Waals surface area contributed by atoms with E-state index in [1.54, 1.807) is 6.20 Å². The first-order valence-corrected chi connectivity index (χ1v) is 13.3. The Morgan fingerprint density at radius 3 is 2.43 bits per heavy atom. The highest BCUT2D eigenvalue weighted by atomic mass is 32.2. The van der Waals surface area contributed by atoms with Crippen LogP contribution in [0.25, 0.3) is 28.2 Å². The Hall–Kier alpha value is -3.32. The summed E-state index contributed by atoms with van der Waals surface area (Å²) in [6, 6.07) is 17.8. The van der Waals surface area contributed by atoms with Crippen molar-refractivity contribution in [3.8, 4) is 22.5 Å². The van der Waals surface area contributed by atoms with Crippen LogP contribution in [0.2, 0.25) is 0 Å². The van der Waals surface area contributed by atoms with Gasteiger partial charge in [-0.1, -0.05) is 63.2 Å². The van der Waals surface area contributed by atoms with Gasteiger partial charge >= 0.3 is 0 Å². The molecule has 7 heteroatoms. The van der Waals surface area contributed by atoms with Crippen LogP contribution in [-0.4, -0.2) is 36.3 Å². The first-order chi connectivity index (χ1) is 16.8. The van der Waals surface area contributed by atoms with Crippen molar-refractivity contribution < 1.29 is 9.00 Å². The van der Waals surface area contributed by atoms with E-state index < -0.39 is 10.8 Å². The normalized spacial score (nSPS) is 14.7. The van der Waals surface area contributed by atoms with Crippen molar-refractivity contribution >= 4 is 22.4 Å². The molecule has 0 bridgehead atoms. The first-order valence-electron chi connectivity index (χ1n) is 12.0. The van der Waals surface area contributed by atoms with Gasteiger partial charge in [0, 0.05) is 34.7 Å². The average Bonchev–Trinajstić information content (AvgIpc) is 3.57. The summed E-state index contributed by atoms with van der Waals surface area (Å²) in [7, 11) is -1.29. The molecule has 6 nitrogen and oxygen atoms in total. The zero-order chi connectivity index (χ0) is 24.6. The number of fused-ring (bicyclic) bond motifs is 1. The summed E-state index contributed by atoms with van der Waals surface area (Å²) in [6.45, 7) is 6.45. The summed E-state index contributed by atoms with van der Waals surface area (Å²) in [4.78, 5) is 21.8. The summed E-state index contributed by atoms with van der Waals surface area (Å²) in [5, 5.41) is 3.53. The molecule has 1 unspecified atom stereocenters. The van der Waals surface area contributed by atoms with Crippen molar-refractivity contribution in [2.45, 2.75) is 51.1 Å². The van der Waals surface area contributed by atoms with Crippen molar-refractivity contribution in [2.24, 2.45) is 5.41 Å². The summed E-state index contributed by atoms with van der Waals surface area (Å²) < 4.78 is 15.4. The lowest BCUT2D eigenvalue weighted by molar-refractivity contribution is 0.0951. The van der Waals surface area contributed by atoms with Crippen LogP contribution in [0, 0.1) is 5.41 Å². The highest BCUT2D eigenvalue weighted by molar-refractivity contribution is 7.85. The molecule has 1 atom stereocenters. The molecule has 0 spiro atoms. The van der Waals surface area contributed by atoms with Crippen LogP contribution >= 0.6 is 0 Å². The van der Waals surface area contributed by atoms with E-state index in [1.165, 1.54) is 0 Å². The Balaban J connectivity index is 1.55. The van der Waals surface area contributed by atoms with Crippen molar-refractivity contribution in [2.75, 3.05) is 5.75 Å². The molecule has 1 amide bonds. The van der Waals surface area contributed by atoms with Crippen LogP contribution in [0.4, 0.5) is 0 Å². The molecule has 1 fully saturated rings. The summed E-state index contributed by atoms with van der Waals surface area (Å²) >= 11 is 0. The maximum absolute atomic E-state index is 13.4. The number of nitrogens with zero attached hydrogens (tertiary/aromatic N) is 3. The molecule has 1 saturated carbocycles. The zero-order valence-electron chi connectivity index (χ0n) is 20.3. The highest BCUT2D eigenvalue weighted by Crippen LogP contribution is 2.29. The van der Waals surface area contributed by atoms with Gasteiger partial charge in [0.25, 0.3) is 5.91 Å². The van der Waals surface area contributed by atoms with Crippen LogP contribution in [-0.2, 0) is 10.8 Å². The molecule has 2 aromatic heterocycles. The summed E-state index contributed by atoms with van der Waals surface area (Å²) in [5.74, 6) is 0.488. The van der Waals surface area contributed by atoms with Gasteiger partial charge in [0.15, 0.2) is 10.7 Å².